The fourth-order valence-electron chi connectivity index (χ4n) is 5.47. The number of carbonyl (C=O) groups excluding carboxylic acids is 3. The third-order valence-corrected chi connectivity index (χ3v) is 8.04. The minimum absolute atomic E-state index is 0.0940. The molecule has 4 amide bonds. The molecule has 0 aromatic heterocycles. The summed E-state index contributed by atoms with van der Waals surface area (Å²) in [5, 5.41) is 15.1. The van der Waals surface area contributed by atoms with Gasteiger partial charge in [-0.2, -0.15) is 0 Å². The fraction of sp³-hybridized carbons (Fsp3) is 0.222. The Kier molecular flexibility index (Phi) is 9.97. The average molecular weight is 621 g/mol. The lowest BCUT2D eigenvalue weighted by molar-refractivity contribution is -0.137. The van der Waals surface area contributed by atoms with Gasteiger partial charge in [-0.1, -0.05) is 54.6 Å². The van der Waals surface area contributed by atoms with Crippen molar-refractivity contribution in [2.24, 2.45) is 0 Å². The van der Waals surface area contributed by atoms with Crippen LogP contribution in [0.15, 0.2) is 97.1 Å². The largest absolute Gasteiger partial charge is 0.495 e. The lowest BCUT2D eigenvalue weighted by Gasteiger charge is -2.22. The van der Waals surface area contributed by atoms with Crippen molar-refractivity contribution < 1.29 is 29.0 Å². The SMILES string of the molecule is COc1cc(CC(=O)N(C)c2ccc(C(CCC(=O)O)NC(=O)c3ccccc3)cc2)ccc1NC(=O)N1CCc2ccccc21. The molecule has 4 aromatic rings. The number of rotatable bonds is 11. The van der Waals surface area contributed by atoms with E-state index in [4.69, 9.17) is 4.74 Å². The number of likely N-dealkylation sites (N-methyl/N-ethyl adjacent to an activating group) is 1. The molecule has 1 aliphatic heterocycles. The van der Waals surface area contributed by atoms with Crippen LogP contribution in [0.3, 0.4) is 0 Å². The van der Waals surface area contributed by atoms with Crippen molar-refractivity contribution >= 4 is 40.9 Å². The first-order valence-electron chi connectivity index (χ1n) is 15.0. The first kappa shape index (κ1) is 31.8. The number of nitrogens with zero attached hydrogens (tertiary/aromatic N) is 2. The van der Waals surface area contributed by atoms with E-state index in [0.717, 1.165) is 23.2 Å². The van der Waals surface area contributed by atoms with E-state index in [0.29, 0.717) is 34.8 Å². The number of ether oxygens (including phenoxy) is 1. The van der Waals surface area contributed by atoms with E-state index in [-0.39, 0.29) is 37.1 Å². The number of urea groups is 1. The smallest absolute Gasteiger partial charge is 0.326 e. The summed E-state index contributed by atoms with van der Waals surface area (Å²) in [5.41, 5.74) is 5.10. The van der Waals surface area contributed by atoms with Crippen molar-refractivity contribution in [2.75, 3.05) is 35.8 Å². The fourth-order valence-corrected chi connectivity index (χ4v) is 5.47. The van der Waals surface area contributed by atoms with Gasteiger partial charge < -0.3 is 25.4 Å². The van der Waals surface area contributed by atoms with Crippen LogP contribution in [0.4, 0.5) is 21.9 Å². The van der Waals surface area contributed by atoms with Crippen LogP contribution in [0.2, 0.25) is 0 Å². The number of amides is 4. The molecule has 5 rings (SSSR count). The van der Waals surface area contributed by atoms with E-state index < -0.39 is 12.0 Å². The Morgan fingerprint density at radius 3 is 2.37 bits per heavy atom. The predicted molar refractivity (Wildman–Crippen MR) is 177 cm³/mol. The molecule has 0 radical (unpaired) electrons. The van der Waals surface area contributed by atoms with Gasteiger partial charge in [-0.05, 0) is 72.0 Å². The first-order chi connectivity index (χ1) is 22.2. The highest BCUT2D eigenvalue weighted by Crippen LogP contribution is 2.31. The molecule has 1 atom stereocenters. The summed E-state index contributed by atoms with van der Waals surface area (Å²) in [6.45, 7) is 0.596. The Hall–Kier alpha value is -5.64. The zero-order valence-electron chi connectivity index (χ0n) is 25.7. The Balaban J connectivity index is 1.23. The molecular weight excluding hydrogens is 584 g/mol. The van der Waals surface area contributed by atoms with Crippen LogP contribution >= 0.6 is 0 Å². The van der Waals surface area contributed by atoms with Gasteiger partial charge in [0.1, 0.15) is 5.75 Å². The van der Waals surface area contributed by atoms with Gasteiger partial charge in [-0.3, -0.25) is 19.3 Å². The lowest BCUT2D eigenvalue weighted by atomic mass is 10.0. The van der Waals surface area contributed by atoms with Crippen LogP contribution in [-0.4, -0.2) is 49.6 Å². The topological polar surface area (TPSA) is 128 Å². The van der Waals surface area contributed by atoms with Gasteiger partial charge in [-0.25, -0.2) is 4.79 Å². The maximum atomic E-state index is 13.3. The number of methoxy groups -OCH3 is 1. The standard InChI is InChI=1S/C36H36N4O6/c1-39(28-15-13-25(14-16-28)29(18-19-34(42)43)37-35(44)27-9-4-3-5-10-27)33(41)23-24-12-17-30(32(22-24)46-2)38-36(45)40-21-20-26-8-6-7-11-31(26)40/h3-17,22,29H,18-21,23H2,1-2H3,(H,37,44)(H,38,45)(H,42,43). The molecule has 0 fully saturated rings. The number of aliphatic carboxylic acids is 1. The number of para-hydroxylation sites is 1. The van der Waals surface area contributed by atoms with Crippen LogP contribution in [-0.2, 0) is 22.4 Å². The van der Waals surface area contributed by atoms with Crippen molar-refractivity contribution in [3.63, 3.8) is 0 Å². The molecule has 0 spiro atoms. The number of fused-ring (bicyclic) bond motifs is 1. The van der Waals surface area contributed by atoms with Crippen molar-refractivity contribution in [3.05, 3.63) is 119 Å². The summed E-state index contributed by atoms with van der Waals surface area (Å²) in [6.07, 6.45) is 0.995. The van der Waals surface area contributed by atoms with E-state index >= 15 is 0 Å². The number of hydrogen-bond acceptors (Lipinski definition) is 5. The van der Waals surface area contributed by atoms with Crippen LogP contribution in [0.1, 0.15) is 45.9 Å². The summed E-state index contributed by atoms with van der Waals surface area (Å²) in [6, 6.07) is 28.2. The highest BCUT2D eigenvalue weighted by Gasteiger charge is 2.25. The maximum Gasteiger partial charge on any atom is 0.326 e. The number of anilines is 3. The maximum absolute atomic E-state index is 13.3. The second-order valence-electron chi connectivity index (χ2n) is 11.0. The Bertz CT molecular complexity index is 1720. The zero-order chi connectivity index (χ0) is 32.6. The van der Waals surface area contributed by atoms with E-state index in [2.05, 4.69) is 10.6 Å². The quantitative estimate of drug-likeness (QED) is 0.194. The third kappa shape index (κ3) is 7.52. The summed E-state index contributed by atoms with van der Waals surface area (Å²) in [5.74, 6) is -0.969. The highest BCUT2D eigenvalue weighted by molar-refractivity contribution is 6.04. The predicted octanol–water partition coefficient (Wildman–Crippen LogP) is 5.83. The van der Waals surface area contributed by atoms with Gasteiger partial charge in [0.25, 0.3) is 5.91 Å². The van der Waals surface area contributed by atoms with Crippen LogP contribution in [0.25, 0.3) is 0 Å². The molecule has 0 bridgehead atoms. The number of nitrogens with one attached hydrogen (secondary N) is 2. The molecule has 0 saturated carbocycles. The van der Waals surface area contributed by atoms with Gasteiger partial charge in [0.15, 0.2) is 0 Å². The van der Waals surface area contributed by atoms with Gasteiger partial charge >= 0.3 is 12.0 Å². The van der Waals surface area contributed by atoms with E-state index in [1.54, 1.807) is 78.7 Å². The Morgan fingerprint density at radius 1 is 0.935 bits per heavy atom. The van der Waals surface area contributed by atoms with Gasteiger partial charge in [0, 0.05) is 37.0 Å². The number of benzene rings is 4. The van der Waals surface area contributed by atoms with Crippen molar-refractivity contribution in [2.45, 2.75) is 31.7 Å². The second-order valence-corrected chi connectivity index (χ2v) is 11.0. The van der Waals surface area contributed by atoms with Crippen LogP contribution in [0.5, 0.6) is 5.75 Å². The van der Waals surface area contributed by atoms with Crippen molar-refractivity contribution in [1.29, 1.82) is 0 Å². The van der Waals surface area contributed by atoms with Gasteiger partial charge in [-0.15, -0.1) is 0 Å². The molecule has 1 heterocycles. The minimum atomic E-state index is -0.953. The van der Waals surface area contributed by atoms with E-state index in [1.807, 2.05) is 30.3 Å². The summed E-state index contributed by atoms with van der Waals surface area (Å²) in [7, 11) is 3.19. The number of carboxylic acids is 1. The molecule has 1 unspecified atom stereocenters. The molecule has 10 heteroatoms. The third-order valence-electron chi connectivity index (χ3n) is 8.04. The van der Waals surface area contributed by atoms with Crippen LogP contribution in [0, 0.1) is 0 Å². The average Bonchev–Trinajstić information content (AvgIpc) is 3.51. The summed E-state index contributed by atoms with van der Waals surface area (Å²) in [4.78, 5) is 53.6. The molecule has 0 saturated heterocycles. The van der Waals surface area contributed by atoms with E-state index in [1.165, 1.54) is 12.0 Å². The molecular formula is C36H36N4O6. The molecule has 10 nitrogen and oxygen atoms in total. The lowest BCUT2D eigenvalue weighted by Crippen LogP contribution is -2.33. The highest BCUT2D eigenvalue weighted by atomic mass is 16.5. The molecule has 4 aromatic carbocycles. The molecule has 236 valence electrons. The molecule has 1 aliphatic rings. The Morgan fingerprint density at radius 2 is 1.65 bits per heavy atom. The Labute approximate surface area is 267 Å². The summed E-state index contributed by atoms with van der Waals surface area (Å²) >= 11 is 0. The monoisotopic (exact) mass is 620 g/mol. The van der Waals surface area contributed by atoms with E-state index in [9.17, 15) is 24.3 Å². The summed E-state index contributed by atoms with van der Waals surface area (Å²) < 4.78 is 5.55. The normalized spacial score (nSPS) is 12.5. The second kappa shape index (κ2) is 14.4. The van der Waals surface area contributed by atoms with Gasteiger partial charge in [0.05, 0.1) is 25.3 Å². The molecule has 0 aliphatic carbocycles. The minimum Gasteiger partial charge on any atom is -0.495 e. The number of carbonyl (C=O) groups is 4. The zero-order valence-corrected chi connectivity index (χ0v) is 25.7. The first-order valence-corrected chi connectivity index (χ1v) is 15.0. The van der Waals surface area contributed by atoms with Crippen molar-refractivity contribution in [3.8, 4) is 5.75 Å². The van der Waals surface area contributed by atoms with Gasteiger partial charge in [0.2, 0.25) is 5.91 Å². The number of hydrogen-bond donors (Lipinski definition) is 3. The van der Waals surface area contributed by atoms with Crippen LogP contribution < -0.4 is 25.2 Å². The molecule has 3 N–H and O–H groups in total. The number of carboxylic acid groups (broad SMARTS) is 1. The van der Waals surface area contributed by atoms with Crippen molar-refractivity contribution in [1.82, 2.24) is 5.32 Å². The molecule has 46 heavy (non-hydrogen) atoms.